The average Bonchev–Trinajstić information content (AvgIpc) is 2.47. The molecule has 62 valence electrons. The summed E-state index contributed by atoms with van der Waals surface area (Å²) in [4.78, 5) is 13.5. The minimum Gasteiger partial charge on any atom is -0.361 e. The van der Waals surface area contributed by atoms with Gasteiger partial charge in [-0.15, -0.1) is 0 Å². The van der Waals surface area contributed by atoms with Gasteiger partial charge in [-0.2, -0.15) is 0 Å². The van der Waals surface area contributed by atoms with Crippen LogP contribution in [0.1, 0.15) is 10.4 Å². The first-order chi connectivity index (χ1) is 6.22. The van der Waals surface area contributed by atoms with Crippen molar-refractivity contribution in [3.05, 3.63) is 28.9 Å². The number of carbonyl (C=O) groups is 1. The van der Waals surface area contributed by atoms with Gasteiger partial charge in [0.25, 0.3) is 0 Å². The zero-order valence-corrected chi connectivity index (χ0v) is 7.43. The smallest absolute Gasteiger partial charge is 0.152 e. The van der Waals surface area contributed by atoms with E-state index in [1.807, 2.05) is 0 Å². The summed E-state index contributed by atoms with van der Waals surface area (Å²) < 4.78 is 0. The highest BCUT2D eigenvalue weighted by molar-refractivity contribution is 6.41. The highest BCUT2D eigenvalue weighted by Crippen LogP contribution is 2.19. The Balaban J connectivity index is 2.89. The van der Waals surface area contributed by atoms with E-state index < -0.39 is 0 Å². The maximum absolute atomic E-state index is 10.6. The molecule has 0 atom stereocenters. The van der Waals surface area contributed by atoms with Crippen LogP contribution in [0.25, 0.3) is 10.9 Å². The van der Waals surface area contributed by atoms with E-state index in [4.69, 9.17) is 19.4 Å². The number of aromatic nitrogens is 1. The minimum atomic E-state index is 0.535. The Kier molecular flexibility index (Phi) is 1.89. The molecule has 0 unspecified atom stereocenters. The molecule has 1 aromatic carbocycles. The summed E-state index contributed by atoms with van der Waals surface area (Å²) in [6.45, 7) is 0. The SMILES string of the molecule is [B]c1cc(Cl)cc2c(C=O)c[nH]c12. The van der Waals surface area contributed by atoms with Gasteiger partial charge in [-0.3, -0.25) is 4.79 Å². The van der Waals surface area contributed by atoms with Crippen molar-refractivity contribution in [3.63, 3.8) is 0 Å². The largest absolute Gasteiger partial charge is 0.361 e. The number of fused-ring (bicyclic) bond motifs is 1. The van der Waals surface area contributed by atoms with E-state index in [1.165, 1.54) is 0 Å². The first-order valence-corrected chi connectivity index (χ1v) is 4.11. The summed E-state index contributed by atoms with van der Waals surface area (Å²) >= 11 is 5.80. The normalized spacial score (nSPS) is 10.5. The number of carbonyl (C=O) groups excluding carboxylic acids is 1. The Labute approximate surface area is 81.3 Å². The highest BCUT2D eigenvalue weighted by Gasteiger charge is 2.05. The van der Waals surface area contributed by atoms with Crippen LogP contribution in [-0.4, -0.2) is 19.1 Å². The molecule has 0 amide bonds. The standard InChI is InChI=1S/C9H5BClNO/c10-8-2-6(11)1-7-5(4-13)3-12-9(7)8/h1-4,12H. The van der Waals surface area contributed by atoms with Crippen molar-refractivity contribution < 1.29 is 4.79 Å². The summed E-state index contributed by atoms with van der Waals surface area (Å²) in [6, 6.07) is 3.36. The van der Waals surface area contributed by atoms with Crippen molar-refractivity contribution in [2.75, 3.05) is 0 Å². The van der Waals surface area contributed by atoms with Gasteiger partial charge in [-0.1, -0.05) is 17.1 Å². The van der Waals surface area contributed by atoms with Crippen LogP contribution in [0.15, 0.2) is 18.3 Å². The van der Waals surface area contributed by atoms with Crippen LogP contribution in [0.2, 0.25) is 5.02 Å². The Bertz CT molecular complexity index is 478. The van der Waals surface area contributed by atoms with Crippen molar-refractivity contribution in [1.82, 2.24) is 4.98 Å². The van der Waals surface area contributed by atoms with E-state index in [9.17, 15) is 4.79 Å². The number of H-pyrrole nitrogens is 1. The van der Waals surface area contributed by atoms with E-state index in [1.54, 1.807) is 18.3 Å². The highest BCUT2D eigenvalue weighted by atomic mass is 35.5. The predicted octanol–water partition coefficient (Wildman–Crippen LogP) is 1.43. The lowest BCUT2D eigenvalue weighted by molar-refractivity contribution is 0.112. The average molecular weight is 189 g/mol. The second-order valence-corrected chi connectivity index (χ2v) is 3.22. The maximum atomic E-state index is 10.6. The maximum Gasteiger partial charge on any atom is 0.152 e. The van der Waals surface area contributed by atoms with Crippen molar-refractivity contribution in [1.29, 1.82) is 0 Å². The first kappa shape index (κ1) is 8.39. The lowest BCUT2D eigenvalue weighted by Crippen LogP contribution is -2.03. The van der Waals surface area contributed by atoms with Crippen LogP contribution in [-0.2, 0) is 0 Å². The molecule has 4 heteroatoms. The van der Waals surface area contributed by atoms with E-state index >= 15 is 0 Å². The van der Waals surface area contributed by atoms with Gasteiger partial charge in [-0.05, 0) is 12.1 Å². The molecule has 1 heterocycles. The van der Waals surface area contributed by atoms with Crippen molar-refractivity contribution >= 4 is 42.1 Å². The Morgan fingerprint density at radius 2 is 2.23 bits per heavy atom. The molecule has 1 aromatic heterocycles. The fourth-order valence-corrected chi connectivity index (χ4v) is 1.57. The van der Waals surface area contributed by atoms with Crippen LogP contribution in [0.5, 0.6) is 0 Å². The van der Waals surface area contributed by atoms with E-state index in [0.29, 0.717) is 16.0 Å². The number of hydrogen-bond acceptors (Lipinski definition) is 1. The lowest BCUT2D eigenvalue weighted by Gasteiger charge is -1.97. The molecule has 1 N–H and O–H groups in total. The second kappa shape index (κ2) is 2.93. The Morgan fingerprint density at radius 3 is 2.92 bits per heavy atom. The molecule has 0 saturated carbocycles. The third-order valence-corrected chi connectivity index (χ3v) is 2.16. The molecular formula is C9H5BClNO. The number of hydrogen-bond donors (Lipinski definition) is 1. The van der Waals surface area contributed by atoms with E-state index in [0.717, 1.165) is 17.2 Å². The zero-order valence-electron chi connectivity index (χ0n) is 6.67. The van der Waals surface area contributed by atoms with Gasteiger partial charge < -0.3 is 4.98 Å². The fourth-order valence-electron chi connectivity index (χ4n) is 1.34. The number of nitrogens with one attached hydrogen (secondary N) is 1. The molecule has 0 aliphatic heterocycles. The molecule has 2 rings (SSSR count). The number of aromatic amines is 1. The quantitative estimate of drug-likeness (QED) is 0.534. The lowest BCUT2D eigenvalue weighted by atomic mass is 9.93. The minimum absolute atomic E-state index is 0.535. The van der Waals surface area contributed by atoms with Crippen molar-refractivity contribution in [2.24, 2.45) is 0 Å². The van der Waals surface area contributed by atoms with Crippen LogP contribution < -0.4 is 5.46 Å². The van der Waals surface area contributed by atoms with Crippen LogP contribution in [0.4, 0.5) is 0 Å². The summed E-state index contributed by atoms with van der Waals surface area (Å²) in [5.74, 6) is 0. The molecule has 0 fully saturated rings. The van der Waals surface area contributed by atoms with Gasteiger partial charge in [0.05, 0.1) is 0 Å². The fraction of sp³-hybridized carbons (Fsp3) is 0. The van der Waals surface area contributed by atoms with Crippen LogP contribution >= 0.6 is 11.6 Å². The monoisotopic (exact) mass is 189 g/mol. The van der Waals surface area contributed by atoms with Gasteiger partial charge in [0.15, 0.2) is 6.29 Å². The van der Waals surface area contributed by atoms with Gasteiger partial charge in [0.2, 0.25) is 0 Å². The summed E-state index contributed by atoms with van der Waals surface area (Å²) in [7, 11) is 5.69. The summed E-state index contributed by atoms with van der Waals surface area (Å²) in [6.07, 6.45) is 2.39. The van der Waals surface area contributed by atoms with Gasteiger partial charge in [0.1, 0.15) is 7.85 Å². The summed E-state index contributed by atoms with van der Waals surface area (Å²) in [5.41, 5.74) is 1.88. The third kappa shape index (κ3) is 1.25. The van der Waals surface area contributed by atoms with Gasteiger partial charge in [0, 0.05) is 27.7 Å². The number of halogens is 1. The number of benzene rings is 1. The molecular weight excluding hydrogens is 184 g/mol. The molecule has 13 heavy (non-hydrogen) atoms. The molecule has 0 bridgehead atoms. The third-order valence-electron chi connectivity index (χ3n) is 1.94. The van der Waals surface area contributed by atoms with E-state index in [2.05, 4.69) is 4.98 Å². The van der Waals surface area contributed by atoms with Crippen LogP contribution in [0.3, 0.4) is 0 Å². The molecule has 2 aromatic rings. The van der Waals surface area contributed by atoms with Crippen LogP contribution in [0, 0.1) is 0 Å². The predicted molar refractivity (Wildman–Crippen MR) is 54.1 cm³/mol. The molecule has 2 radical (unpaired) electrons. The Hall–Kier alpha value is -1.22. The number of aldehydes is 1. The first-order valence-electron chi connectivity index (χ1n) is 3.73. The number of rotatable bonds is 1. The zero-order chi connectivity index (χ0) is 9.42. The van der Waals surface area contributed by atoms with Crippen molar-refractivity contribution in [3.8, 4) is 0 Å². The second-order valence-electron chi connectivity index (χ2n) is 2.78. The summed E-state index contributed by atoms with van der Waals surface area (Å²) in [5, 5.41) is 1.30. The van der Waals surface area contributed by atoms with Gasteiger partial charge >= 0.3 is 0 Å². The Morgan fingerprint density at radius 1 is 1.46 bits per heavy atom. The van der Waals surface area contributed by atoms with Crippen molar-refractivity contribution in [2.45, 2.75) is 0 Å². The van der Waals surface area contributed by atoms with E-state index in [-0.39, 0.29) is 0 Å². The molecule has 2 nitrogen and oxygen atoms in total. The van der Waals surface area contributed by atoms with Gasteiger partial charge in [-0.25, -0.2) is 0 Å². The topological polar surface area (TPSA) is 32.9 Å². The molecule has 0 saturated heterocycles. The molecule has 0 aliphatic rings. The molecule has 0 spiro atoms. The molecule has 0 aliphatic carbocycles.